The second kappa shape index (κ2) is 23.1. The van der Waals surface area contributed by atoms with Gasteiger partial charge in [-0.1, -0.05) is 72.8 Å². The minimum atomic E-state index is -1.06. The van der Waals surface area contributed by atoms with Crippen LogP contribution in [0.15, 0.2) is 146 Å². The summed E-state index contributed by atoms with van der Waals surface area (Å²) in [5.41, 5.74) is 15.9. The van der Waals surface area contributed by atoms with E-state index in [1.807, 2.05) is 30.5 Å². The molecule has 0 spiro atoms. The van der Waals surface area contributed by atoms with Crippen LogP contribution in [0.3, 0.4) is 0 Å². The predicted molar refractivity (Wildman–Crippen MR) is 268 cm³/mol. The number of pyridine rings is 2. The first-order valence-electron chi connectivity index (χ1n) is 22.1. The van der Waals surface area contributed by atoms with Crippen molar-refractivity contribution in [1.29, 1.82) is 0 Å². The number of rotatable bonds is 11. The first-order chi connectivity index (χ1) is 32.5. The van der Waals surface area contributed by atoms with Crippen molar-refractivity contribution >= 4 is 47.1 Å². The van der Waals surface area contributed by atoms with E-state index < -0.39 is 18.2 Å². The van der Waals surface area contributed by atoms with Gasteiger partial charge in [-0.3, -0.25) is 14.6 Å². The van der Waals surface area contributed by atoms with E-state index in [2.05, 4.69) is 67.5 Å². The van der Waals surface area contributed by atoms with Gasteiger partial charge in [-0.15, -0.1) is 24.0 Å². The number of carboxylic acids is 1. The Morgan fingerprint density at radius 2 is 1.01 bits per heavy atom. The molecule has 2 aliphatic rings. The topological polar surface area (TPSA) is 174 Å². The van der Waals surface area contributed by atoms with Crippen LogP contribution in [0.2, 0.25) is 0 Å². The Kier molecular flexibility index (Phi) is 16.8. The fraction of sp³-hybridized carbons (Fsp3) is 0.231. The molecule has 6 N–H and O–H groups in total. The molecule has 1 amide bonds. The van der Waals surface area contributed by atoms with Gasteiger partial charge in [0, 0.05) is 77.1 Å². The molecule has 68 heavy (non-hydrogen) atoms. The maximum absolute atomic E-state index is 13.2. The van der Waals surface area contributed by atoms with Gasteiger partial charge in [-0.2, -0.15) is 0 Å². The van der Waals surface area contributed by atoms with E-state index in [-0.39, 0.29) is 59.5 Å². The van der Waals surface area contributed by atoms with Gasteiger partial charge in [0.1, 0.15) is 28.6 Å². The van der Waals surface area contributed by atoms with E-state index >= 15 is 0 Å². The number of amides is 1. The summed E-state index contributed by atoms with van der Waals surface area (Å²) >= 11 is 0. The SMILES string of the molecule is I.NCC(O)CN1CCc2ccccc2C1.O=C(NCC(O)CN1CCc2ccccc2C1)c1cn2cc(-c3ccc(F)cc3)ccc2n1.O=C(O)c1cn2cc(-c3ccc(F)cc3)ccc2n1. The number of aliphatic hydroxyl groups excluding tert-OH is 2. The van der Waals surface area contributed by atoms with Crippen LogP contribution in [-0.4, -0.2) is 107 Å². The molecule has 0 fully saturated rings. The Labute approximate surface area is 409 Å². The number of aromatic nitrogens is 4. The van der Waals surface area contributed by atoms with Crippen LogP contribution in [0.5, 0.6) is 0 Å². The van der Waals surface area contributed by atoms with Crippen LogP contribution >= 0.6 is 24.0 Å². The largest absolute Gasteiger partial charge is 0.476 e. The monoisotopic (exact) mass is 1030 g/mol. The lowest BCUT2D eigenvalue weighted by Crippen LogP contribution is -2.42. The lowest BCUT2D eigenvalue weighted by molar-refractivity contribution is 0.0690. The molecule has 16 heteroatoms. The van der Waals surface area contributed by atoms with Crippen molar-refractivity contribution in [2.45, 2.75) is 38.1 Å². The number of aliphatic hydroxyl groups is 2. The van der Waals surface area contributed by atoms with Gasteiger partial charge >= 0.3 is 5.97 Å². The van der Waals surface area contributed by atoms with Gasteiger partial charge < -0.3 is 35.2 Å². The molecule has 0 saturated heterocycles. The highest BCUT2D eigenvalue weighted by Gasteiger charge is 2.21. The quantitative estimate of drug-likeness (QED) is 0.0841. The number of imidazole rings is 2. The molecule has 0 aliphatic carbocycles. The minimum Gasteiger partial charge on any atom is -0.476 e. The number of nitrogens with two attached hydrogens (primary N) is 1. The van der Waals surface area contributed by atoms with E-state index in [0.717, 1.165) is 61.3 Å². The van der Waals surface area contributed by atoms with Crippen molar-refractivity contribution in [2.75, 3.05) is 39.3 Å². The Bertz CT molecular complexity index is 2970. The fourth-order valence-corrected chi connectivity index (χ4v) is 8.28. The summed E-state index contributed by atoms with van der Waals surface area (Å²) in [5, 5.41) is 31.6. The zero-order chi connectivity index (χ0) is 46.9. The fourth-order valence-electron chi connectivity index (χ4n) is 8.28. The van der Waals surface area contributed by atoms with Crippen molar-refractivity contribution in [2.24, 2.45) is 5.73 Å². The van der Waals surface area contributed by atoms with E-state index in [9.17, 15) is 28.6 Å². The highest BCUT2D eigenvalue weighted by atomic mass is 127. The van der Waals surface area contributed by atoms with Gasteiger partial charge in [0.2, 0.25) is 0 Å². The summed E-state index contributed by atoms with van der Waals surface area (Å²) in [4.78, 5) is 36.3. The average molecular weight is 1030 g/mol. The normalized spacial score (nSPS) is 14.2. The molecule has 13 nitrogen and oxygen atoms in total. The summed E-state index contributed by atoms with van der Waals surface area (Å²) in [6, 6.07) is 36.5. The standard InChI is InChI=1S/C26H25FN4O2.C14H9FN2O2.C12H18N2O.HI/c27-22-8-5-19(6-9-22)21-7-10-25-29-24(17-31(25)15-21)26(33)28-13-23(32)16-30-12-11-18-3-1-2-4-20(18)14-30;15-11-4-1-9(2-5-11)10-3-6-13-16-12(14(18)19)8-17(13)7-10;13-7-12(15)9-14-6-5-10-3-1-2-4-11(10)8-14;/h1-10,15,17,23,32H,11-14,16H2,(H,28,33);1-8H,(H,18,19);1-4,12,15H,5-9,13H2;1H. The molecule has 0 saturated carbocycles. The maximum Gasteiger partial charge on any atom is 0.356 e. The van der Waals surface area contributed by atoms with E-state index in [4.69, 9.17) is 10.8 Å². The summed E-state index contributed by atoms with van der Waals surface area (Å²) in [7, 11) is 0. The molecule has 0 bridgehead atoms. The van der Waals surface area contributed by atoms with Crippen molar-refractivity contribution in [3.63, 3.8) is 0 Å². The number of nitrogens with one attached hydrogen (secondary N) is 1. The number of carbonyl (C=O) groups is 2. The number of halogens is 3. The van der Waals surface area contributed by atoms with Gasteiger partial charge in [0.05, 0.1) is 12.2 Å². The molecule has 4 aromatic heterocycles. The average Bonchev–Trinajstić information content (AvgIpc) is 3.99. The molecule has 10 rings (SSSR count). The molecule has 2 atom stereocenters. The van der Waals surface area contributed by atoms with Crippen LogP contribution < -0.4 is 11.1 Å². The Hall–Kier alpha value is -6.41. The number of hydrogen-bond donors (Lipinski definition) is 5. The summed E-state index contributed by atoms with van der Waals surface area (Å²) in [5.74, 6) is -1.97. The van der Waals surface area contributed by atoms with Crippen molar-refractivity contribution in [3.05, 3.63) is 191 Å². The molecule has 0 radical (unpaired) electrons. The number of fused-ring (bicyclic) bond motifs is 4. The van der Waals surface area contributed by atoms with Crippen LogP contribution in [0.4, 0.5) is 8.78 Å². The highest BCUT2D eigenvalue weighted by molar-refractivity contribution is 14.0. The van der Waals surface area contributed by atoms with Crippen LogP contribution in [0, 0.1) is 11.6 Å². The summed E-state index contributed by atoms with van der Waals surface area (Å²) in [6.45, 7) is 5.35. The molecule has 6 heterocycles. The lowest BCUT2D eigenvalue weighted by Gasteiger charge is -2.30. The highest BCUT2D eigenvalue weighted by Crippen LogP contribution is 2.23. The first-order valence-corrected chi connectivity index (χ1v) is 22.1. The van der Waals surface area contributed by atoms with Crippen molar-refractivity contribution in [3.8, 4) is 22.3 Å². The molecule has 8 aromatic rings. The maximum atomic E-state index is 13.2. The molecular weight excluding hydrogens is 982 g/mol. The summed E-state index contributed by atoms with van der Waals surface area (Å²) in [6.07, 6.45) is 7.72. The van der Waals surface area contributed by atoms with Crippen molar-refractivity contribution in [1.82, 2.24) is 33.9 Å². The van der Waals surface area contributed by atoms with Gasteiger partial charge in [-0.05, 0) is 106 Å². The number of carboxylic acid groups (broad SMARTS) is 1. The van der Waals surface area contributed by atoms with Gasteiger partial charge in [0.25, 0.3) is 5.91 Å². The Morgan fingerprint density at radius 3 is 1.49 bits per heavy atom. The number of β-amino-alcohol motifs (C(OH)–C–C–N with tert-alkyl or cyclic N) is 2. The van der Waals surface area contributed by atoms with E-state index in [1.165, 1.54) is 52.7 Å². The lowest BCUT2D eigenvalue weighted by atomic mass is 10.00. The predicted octanol–water partition coefficient (Wildman–Crippen LogP) is 7.11. The minimum absolute atomic E-state index is 0. The Balaban J connectivity index is 0.000000165. The second-order valence-electron chi connectivity index (χ2n) is 16.7. The Morgan fingerprint density at radius 1 is 0.588 bits per heavy atom. The smallest absolute Gasteiger partial charge is 0.356 e. The third kappa shape index (κ3) is 12.8. The number of hydrogen-bond acceptors (Lipinski definition) is 9. The first kappa shape index (κ1) is 49.5. The summed E-state index contributed by atoms with van der Waals surface area (Å²) < 4.78 is 29.5. The number of benzene rings is 4. The van der Waals surface area contributed by atoms with Gasteiger partial charge in [-0.25, -0.2) is 23.5 Å². The second-order valence-corrected chi connectivity index (χ2v) is 16.7. The third-order valence-electron chi connectivity index (χ3n) is 11.8. The number of aromatic carboxylic acids is 1. The molecule has 4 aromatic carbocycles. The zero-order valence-corrected chi connectivity index (χ0v) is 39.5. The molecule has 2 unspecified atom stereocenters. The van der Waals surface area contributed by atoms with Crippen LogP contribution in [0.1, 0.15) is 43.2 Å². The van der Waals surface area contributed by atoms with E-state index in [0.29, 0.717) is 30.9 Å². The van der Waals surface area contributed by atoms with Crippen LogP contribution in [-0.2, 0) is 25.9 Å². The van der Waals surface area contributed by atoms with Gasteiger partial charge in [0.15, 0.2) is 5.69 Å². The molecule has 2 aliphatic heterocycles. The number of carbonyl (C=O) groups excluding carboxylic acids is 1. The zero-order valence-electron chi connectivity index (χ0n) is 37.2. The van der Waals surface area contributed by atoms with Crippen LogP contribution in [0.25, 0.3) is 33.5 Å². The molecule has 352 valence electrons. The third-order valence-corrected chi connectivity index (χ3v) is 11.8. The van der Waals surface area contributed by atoms with E-state index in [1.54, 1.807) is 51.5 Å². The van der Waals surface area contributed by atoms with Crippen molar-refractivity contribution < 1.29 is 33.7 Å². The number of nitrogens with zero attached hydrogens (tertiary/aromatic N) is 6. The molecular formula is C52H53F2IN8O5.